The molecule has 0 fully saturated rings. The van der Waals surface area contributed by atoms with Crippen molar-refractivity contribution in [3.8, 4) is 5.88 Å². The standard InChI is InChI=1S/C11H17ClN2O4/c1-15-2-3-16-4-5-17-6-7-18-11-8-10(12)13-9-14-11/h8-9H,2-7H2,1H3. The van der Waals surface area contributed by atoms with Crippen LogP contribution in [0.5, 0.6) is 5.88 Å². The molecule has 0 bridgehead atoms. The Morgan fingerprint density at radius 1 is 1.00 bits per heavy atom. The Balaban J connectivity index is 1.92. The van der Waals surface area contributed by atoms with Gasteiger partial charge in [0.1, 0.15) is 18.1 Å². The number of ether oxygens (including phenoxy) is 4. The zero-order valence-corrected chi connectivity index (χ0v) is 11.1. The average Bonchev–Trinajstić information content (AvgIpc) is 2.37. The van der Waals surface area contributed by atoms with Crippen LogP contribution in [-0.4, -0.2) is 56.7 Å². The quantitative estimate of drug-likeness (QED) is 0.472. The lowest BCUT2D eigenvalue weighted by atomic mass is 10.6. The van der Waals surface area contributed by atoms with Gasteiger partial charge in [-0.15, -0.1) is 0 Å². The summed E-state index contributed by atoms with van der Waals surface area (Å²) in [5.41, 5.74) is 0. The van der Waals surface area contributed by atoms with Crippen molar-refractivity contribution in [3.63, 3.8) is 0 Å². The zero-order valence-electron chi connectivity index (χ0n) is 10.3. The van der Waals surface area contributed by atoms with Gasteiger partial charge >= 0.3 is 0 Å². The second-order valence-corrected chi connectivity index (χ2v) is 3.63. The van der Waals surface area contributed by atoms with Crippen molar-refractivity contribution in [1.29, 1.82) is 0 Å². The molecule has 1 aromatic rings. The maximum Gasteiger partial charge on any atom is 0.217 e. The Morgan fingerprint density at radius 3 is 2.33 bits per heavy atom. The highest BCUT2D eigenvalue weighted by Crippen LogP contribution is 2.10. The minimum atomic E-state index is 0.354. The SMILES string of the molecule is COCCOCCOCCOc1cc(Cl)ncn1. The molecule has 7 heteroatoms. The van der Waals surface area contributed by atoms with Crippen LogP contribution < -0.4 is 4.74 Å². The van der Waals surface area contributed by atoms with Gasteiger partial charge in [0.15, 0.2) is 0 Å². The number of methoxy groups -OCH3 is 1. The van der Waals surface area contributed by atoms with Gasteiger partial charge in [0.05, 0.1) is 33.0 Å². The Hall–Kier alpha value is -0.950. The van der Waals surface area contributed by atoms with Crippen molar-refractivity contribution in [2.24, 2.45) is 0 Å². The molecule has 0 saturated carbocycles. The van der Waals surface area contributed by atoms with Gasteiger partial charge in [0, 0.05) is 13.2 Å². The molecule has 102 valence electrons. The second-order valence-electron chi connectivity index (χ2n) is 3.24. The van der Waals surface area contributed by atoms with Crippen molar-refractivity contribution in [2.45, 2.75) is 0 Å². The fourth-order valence-electron chi connectivity index (χ4n) is 1.07. The van der Waals surface area contributed by atoms with Gasteiger partial charge in [-0.25, -0.2) is 9.97 Å². The summed E-state index contributed by atoms with van der Waals surface area (Å²) in [6.07, 6.45) is 1.35. The van der Waals surface area contributed by atoms with Crippen LogP contribution in [0.2, 0.25) is 5.15 Å². The number of aromatic nitrogens is 2. The van der Waals surface area contributed by atoms with Crippen LogP contribution in [0.1, 0.15) is 0 Å². The molecule has 0 unspecified atom stereocenters. The van der Waals surface area contributed by atoms with Crippen LogP contribution in [0.15, 0.2) is 12.4 Å². The number of halogens is 1. The molecule has 0 aliphatic heterocycles. The summed E-state index contributed by atoms with van der Waals surface area (Å²) < 4.78 is 20.7. The van der Waals surface area contributed by atoms with Gasteiger partial charge in [0.25, 0.3) is 0 Å². The summed E-state index contributed by atoms with van der Waals surface area (Å²) in [6, 6.07) is 1.55. The maximum absolute atomic E-state index is 5.68. The first-order valence-corrected chi connectivity index (χ1v) is 5.95. The molecule has 1 rings (SSSR count). The van der Waals surface area contributed by atoms with Crippen molar-refractivity contribution < 1.29 is 18.9 Å². The smallest absolute Gasteiger partial charge is 0.217 e. The number of rotatable bonds is 10. The van der Waals surface area contributed by atoms with Crippen LogP contribution in [0.3, 0.4) is 0 Å². The van der Waals surface area contributed by atoms with Crippen molar-refractivity contribution in [1.82, 2.24) is 9.97 Å². The molecule has 6 nitrogen and oxygen atoms in total. The van der Waals surface area contributed by atoms with E-state index in [2.05, 4.69) is 9.97 Å². The van der Waals surface area contributed by atoms with E-state index in [1.165, 1.54) is 6.33 Å². The van der Waals surface area contributed by atoms with E-state index in [0.717, 1.165) is 0 Å². The van der Waals surface area contributed by atoms with Crippen molar-refractivity contribution in [2.75, 3.05) is 46.8 Å². The second kappa shape index (κ2) is 10.0. The summed E-state index contributed by atoms with van der Waals surface area (Å²) in [4.78, 5) is 7.64. The predicted octanol–water partition coefficient (Wildman–Crippen LogP) is 1.19. The summed E-state index contributed by atoms with van der Waals surface area (Å²) in [7, 11) is 1.64. The molecular weight excluding hydrogens is 260 g/mol. The van der Waals surface area contributed by atoms with Gasteiger partial charge in [0.2, 0.25) is 5.88 Å². The number of hydrogen-bond donors (Lipinski definition) is 0. The first-order chi connectivity index (χ1) is 8.83. The van der Waals surface area contributed by atoms with Gasteiger partial charge in [-0.2, -0.15) is 0 Å². The fourth-order valence-corrected chi connectivity index (χ4v) is 1.20. The normalized spacial score (nSPS) is 10.6. The third-order valence-electron chi connectivity index (χ3n) is 1.89. The highest BCUT2D eigenvalue weighted by molar-refractivity contribution is 6.29. The summed E-state index contributed by atoms with van der Waals surface area (Å²) in [5.74, 6) is 0.440. The number of hydrogen-bond acceptors (Lipinski definition) is 6. The number of nitrogens with zero attached hydrogens (tertiary/aromatic N) is 2. The van der Waals surface area contributed by atoms with Crippen LogP contribution >= 0.6 is 11.6 Å². The van der Waals surface area contributed by atoms with E-state index in [-0.39, 0.29) is 0 Å². The van der Waals surface area contributed by atoms with Crippen molar-refractivity contribution >= 4 is 11.6 Å². The van der Waals surface area contributed by atoms with Gasteiger partial charge in [-0.3, -0.25) is 0 Å². The van der Waals surface area contributed by atoms with E-state index >= 15 is 0 Å². The minimum Gasteiger partial charge on any atom is -0.475 e. The van der Waals surface area contributed by atoms with Crippen LogP contribution in [0, 0.1) is 0 Å². The zero-order chi connectivity index (χ0) is 13.1. The molecule has 0 atom stereocenters. The highest BCUT2D eigenvalue weighted by Gasteiger charge is 1.97. The third kappa shape index (κ3) is 7.39. The summed E-state index contributed by atoms with van der Waals surface area (Å²) >= 11 is 5.68. The largest absolute Gasteiger partial charge is 0.475 e. The van der Waals surface area contributed by atoms with E-state index in [1.807, 2.05) is 0 Å². The molecule has 0 amide bonds. The minimum absolute atomic E-state index is 0.354. The third-order valence-corrected chi connectivity index (χ3v) is 2.10. The molecule has 18 heavy (non-hydrogen) atoms. The lowest BCUT2D eigenvalue weighted by molar-refractivity contribution is 0.0176. The van der Waals surface area contributed by atoms with Gasteiger partial charge in [-0.1, -0.05) is 11.6 Å². The first-order valence-electron chi connectivity index (χ1n) is 5.57. The molecular formula is C11H17ClN2O4. The maximum atomic E-state index is 5.68. The molecule has 0 aromatic carbocycles. The molecule has 0 spiro atoms. The topological polar surface area (TPSA) is 62.7 Å². The van der Waals surface area contributed by atoms with Gasteiger partial charge < -0.3 is 18.9 Å². The molecule has 0 aliphatic rings. The fraction of sp³-hybridized carbons (Fsp3) is 0.636. The average molecular weight is 277 g/mol. The Morgan fingerprint density at radius 2 is 1.67 bits per heavy atom. The van der Waals surface area contributed by atoms with Crippen LogP contribution in [0.25, 0.3) is 0 Å². The summed E-state index contributed by atoms with van der Waals surface area (Å²) in [5, 5.41) is 0.354. The molecule has 1 aromatic heterocycles. The first kappa shape index (κ1) is 15.1. The Bertz CT molecular complexity index is 328. The predicted molar refractivity (Wildman–Crippen MR) is 66.1 cm³/mol. The van der Waals surface area contributed by atoms with E-state index in [1.54, 1.807) is 13.2 Å². The van der Waals surface area contributed by atoms with Crippen LogP contribution in [0.4, 0.5) is 0 Å². The molecule has 0 N–H and O–H groups in total. The molecule has 0 saturated heterocycles. The van der Waals surface area contributed by atoms with E-state index in [9.17, 15) is 0 Å². The van der Waals surface area contributed by atoms with Crippen molar-refractivity contribution in [3.05, 3.63) is 17.5 Å². The van der Waals surface area contributed by atoms with Gasteiger partial charge in [-0.05, 0) is 0 Å². The highest BCUT2D eigenvalue weighted by atomic mass is 35.5. The monoisotopic (exact) mass is 276 g/mol. The Labute approximate surface area is 111 Å². The van der Waals surface area contributed by atoms with E-state index in [4.69, 9.17) is 30.5 Å². The lowest BCUT2D eigenvalue weighted by Gasteiger charge is -2.06. The summed E-state index contributed by atoms with van der Waals surface area (Å²) in [6.45, 7) is 3.12. The molecule has 0 aliphatic carbocycles. The van der Waals surface area contributed by atoms with E-state index < -0.39 is 0 Å². The Kier molecular flexibility index (Phi) is 8.41. The van der Waals surface area contributed by atoms with E-state index in [0.29, 0.717) is 50.7 Å². The lowest BCUT2D eigenvalue weighted by Crippen LogP contribution is -2.12. The van der Waals surface area contributed by atoms with Crippen LogP contribution in [-0.2, 0) is 14.2 Å². The molecule has 1 heterocycles. The molecule has 0 radical (unpaired) electrons.